The number of nitrogens with one attached hydrogen (secondary N) is 1. The molecule has 7 heteroatoms. The summed E-state index contributed by atoms with van der Waals surface area (Å²) in [6.45, 7) is -0.754. The lowest BCUT2D eigenvalue weighted by Crippen LogP contribution is -2.32. The molecule has 0 saturated carbocycles. The van der Waals surface area contributed by atoms with Crippen molar-refractivity contribution in [1.82, 2.24) is 5.32 Å². The molecular formula is C24H23NO6. The van der Waals surface area contributed by atoms with Crippen LogP contribution >= 0.6 is 0 Å². The summed E-state index contributed by atoms with van der Waals surface area (Å²) in [6, 6.07) is 18.2. The van der Waals surface area contributed by atoms with Gasteiger partial charge in [-0.3, -0.25) is 14.4 Å². The van der Waals surface area contributed by atoms with Crippen LogP contribution in [0.25, 0.3) is 10.8 Å². The van der Waals surface area contributed by atoms with Gasteiger partial charge in [-0.05, 0) is 34.5 Å². The summed E-state index contributed by atoms with van der Waals surface area (Å²) >= 11 is 0. The second-order valence-electron chi connectivity index (χ2n) is 6.75. The van der Waals surface area contributed by atoms with E-state index in [1.54, 1.807) is 12.1 Å². The lowest BCUT2D eigenvalue weighted by Gasteiger charge is -2.10. The Bertz CT molecular complexity index is 1100. The Morgan fingerprint density at radius 3 is 2.39 bits per heavy atom. The number of hydrogen-bond donors (Lipinski definition) is 1. The largest absolute Gasteiger partial charge is 0.493 e. The third-order valence-corrected chi connectivity index (χ3v) is 4.73. The number of amides is 1. The Morgan fingerprint density at radius 2 is 1.61 bits per heavy atom. The quantitative estimate of drug-likeness (QED) is 0.422. The smallest absolute Gasteiger partial charge is 0.325 e. The van der Waals surface area contributed by atoms with Crippen LogP contribution in [-0.4, -0.2) is 45.0 Å². The summed E-state index contributed by atoms with van der Waals surface area (Å²) in [5.41, 5.74) is 1.19. The number of rotatable bonds is 9. The van der Waals surface area contributed by atoms with Gasteiger partial charge in [-0.25, -0.2) is 0 Å². The molecule has 31 heavy (non-hydrogen) atoms. The molecule has 3 rings (SSSR count). The minimum atomic E-state index is -0.694. The normalized spacial score (nSPS) is 10.4. The molecule has 0 aliphatic carbocycles. The molecule has 160 valence electrons. The van der Waals surface area contributed by atoms with Crippen LogP contribution in [-0.2, 0) is 20.7 Å². The lowest BCUT2D eigenvalue weighted by molar-refractivity contribution is -0.142. The SMILES string of the molecule is COc1ccc(C(=O)COC(=O)CNC(=O)Cc2cccc3ccccc23)cc1OC. The van der Waals surface area contributed by atoms with E-state index >= 15 is 0 Å². The van der Waals surface area contributed by atoms with Crippen molar-refractivity contribution in [3.63, 3.8) is 0 Å². The van der Waals surface area contributed by atoms with E-state index in [9.17, 15) is 14.4 Å². The predicted molar refractivity (Wildman–Crippen MR) is 115 cm³/mol. The van der Waals surface area contributed by atoms with E-state index in [0.29, 0.717) is 17.1 Å². The van der Waals surface area contributed by atoms with Gasteiger partial charge in [0.2, 0.25) is 5.91 Å². The van der Waals surface area contributed by atoms with Gasteiger partial charge in [0.15, 0.2) is 23.9 Å². The van der Waals surface area contributed by atoms with E-state index in [4.69, 9.17) is 14.2 Å². The van der Waals surface area contributed by atoms with Crippen LogP contribution < -0.4 is 14.8 Å². The number of benzene rings is 3. The van der Waals surface area contributed by atoms with Gasteiger partial charge in [0.1, 0.15) is 6.54 Å². The van der Waals surface area contributed by atoms with Crippen LogP contribution in [0.3, 0.4) is 0 Å². The number of hydrogen-bond acceptors (Lipinski definition) is 6. The Kier molecular flexibility index (Phi) is 7.22. The van der Waals surface area contributed by atoms with Crippen molar-refractivity contribution in [1.29, 1.82) is 0 Å². The molecular weight excluding hydrogens is 398 g/mol. The number of Topliss-reactive ketones (excluding diaryl/α,β-unsaturated/α-hetero) is 1. The fraction of sp³-hybridized carbons (Fsp3) is 0.208. The maximum absolute atomic E-state index is 12.3. The molecule has 7 nitrogen and oxygen atoms in total. The number of ether oxygens (including phenoxy) is 3. The van der Waals surface area contributed by atoms with Crippen LogP contribution in [0.4, 0.5) is 0 Å². The number of methoxy groups -OCH3 is 2. The third kappa shape index (κ3) is 5.60. The van der Waals surface area contributed by atoms with Crippen molar-refractivity contribution in [2.75, 3.05) is 27.4 Å². The summed E-state index contributed by atoms with van der Waals surface area (Å²) in [4.78, 5) is 36.4. The average Bonchev–Trinajstić information content (AvgIpc) is 2.81. The summed E-state index contributed by atoms with van der Waals surface area (Å²) in [5, 5.41) is 4.56. The second-order valence-corrected chi connectivity index (χ2v) is 6.75. The zero-order valence-electron chi connectivity index (χ0n) is 17.3. The van der Waals surface area contributed by atoms with Gasteiger partial charge in [-0.15, -0.1) is 0 Å². The van der Waals surface area contributed by atoms with Crippen LogP contribution in [0.1, 0.15) is 15.9 Å². The highest BCUT2D eigenvalue weighted by atomic mass is 16.5. The molecule has 0 heterocycles. The van der Waals surface area contributed by atoms with E-state index < -0.39 is 18.4 Å². The van der Waals surface area contributed by atoms with Crippen LogP contribution in [0, 0.1) is 0 Å². The van der Waals surface area contributed by atoms with Crippen LogP contribution in [0.15, 0.2) is 60.7 Å². The maximum Gasteiger partial charge on any atom is 0.325 e. The van der Waals surface area contributed by atoms with Crippen molar-refractivity contribution in [2.24, 2.45) is 0 Å². The highest BCUT2D eigenvalue weighted by Crippen LogP contribution is 2.27. The Hall–Kier alpha value is -3.87. The van der Waals surface area contributed by atoms with Gasteiger partial charge in [0, 0.05) is 5.56 Å². The topological polar surface area (TPSA) is 90.9 Å². The summed E-state index contributed by atoms with van der Waals surface area (Å²) < 4.78 is 15.3. The first kappa shape index (κ1) is 21.8. The van der Waals surface area contributed by atoms with Crippen molar-refractivity contribution in [3.05, 3.63) is 71.8 Å². The minimum absolute atomic E-state index is 0.138. The van der Waals surface area contributed by atoms with Crippen molar-refractivity contribution in [3.8, 4) is 11.5 Å². The standard InChI is InChI=1S/C24H23NO6/c1-29-21-11-10-18(12-22(21)30-2)20(26)15-31-24(28)14-25-23(27)13-17-8-5-7-16-6-3-4-9-19(16)17/h3-12H,13-15H2,1-2H3,(H,25,27). The Balaban J connectivity index is 1.48. The molecule has 0 fully saturated rings. The van der Waals surface area contributed by atoms with Gasteiger partial charge in [-0.2, -0.15) is 0 Å². The monoisotopic (exact) mass is 421 g/mol. The van der Waals surface area contributed by atoms with Crippen molar-refractivity contribution < 1.29 is 28.6 Å². The lowest BCUT2D eigenvalue weighted by atomic mass is 10.0. The molecule has 0 atom stereocenters. The molecule has 3 aromatic carbocycles. The van der Waals surface area contributed by atoms with E-state index in [1.807, 2.05) is 42.5 Å². The van der Waals surface area contributed by atoms with E-state index in [0.717, 1.165) is 16.3 Å². The average molecular weight is 421 g/mol. The minimum Gasteiger partial charge on any atom is -0.493 e. The Morgan fingerprint density at radius 1 is 0.871 bits per heavy atom. The van der Waals surface area contributed by atoms with E-state index in [-0.39, 0.29) is 18.9 Å². The molecule has 1 N–H and O–H groups in total. The van der Waals surface area contributed by atoms with E-state index in [1.165, 1.54) is 20.3 Å². The molecule has 0 saturated heterocycles. The fourth-order valence-electron chi connectivity index (χ4n) is 3.14. The first-order chi connectivity index (χ1) is 15.0. The van der Waals surface area contributed by atoms with Crippen LogP contribution in [0.2, 0.25) is 0 Å². The van der Waals surface area contributed by atoms with Gasteiger partial charge < -0.3 is 19.5 Å². The molecule has 0 spiro atoms. The van der Waals surface area contributed by atoms with Crippen molar-refractivity contribution in [2.45, 2.75) is 6.42 Å². The second kappa shape index (κ2) is 10.2. The number of fused-ring (bicyclic) bond motifs is 1. The first-order valence-corrected chi connectivity index (χ1v) is 9.66. The van der Waals surface area contributed by atoms with Crippen LogP contribution in [0.5, 0.6) is 11.5 Å². The molecule has 0 radical (unpaired) electrons. The zero-order chi connectivity index (χ0) is 22.2. The first-order valence-electron chi connectivity index (χ1n) is 9.66. The van der Waals surface area contributed by atoms with Gasteiger partial charge >= 0.3 is 5.97 Å². The Labute approximate surface area is 179 Å². The molecule has 1 amide bonds. The molecule has 0 aromatic heterocycles. The molecule has 0 bridgehead atoms. The molecule has 0 aliphatic heterocycles. The fourth-order valence-corrected chi connectivity index (χ4v) is 3.14. The summed E-state index contributed by atoms with van der Waals surface area (Å²) in [7, 11) is 2.96. The highest BCUT2D eigenvalue weighted by Gasteiger charge is 2.14. The van der Waals surface area contributed by atoms with Gasteiger partial charge in [0.05, 0.1) is 20.6 Å². The number of carbonyl (C=O) groups excluding carboxylic acids is 3. The number of ketones is 1. The molecule has 3 aromatic rings. The number of esters is 1. The molecule has 0 unspecified atom stereocenters. The number of carbonyl (C=O) groups is 3. The maximum atomic E-state index is 12.3. The summed E-state index contributed by atoms with van der Waals surface area (Å²) in [5.74, 6) is -0.499. The van der Waals surface area contributed by atoms with Crippen molar-refractivity contribution >= 4 is 28.4 Å². The van der Waals surface area contributed by atoms with Gasteiger partial charge in [-0.1, -0.05) is 42.5 Å². The summed E-state index contributed by atoms with van der Waals surface area (Å²) in [6.07, 6.45) is 0.138. The molecule has 0 aliphatic rings. The predicted octanol–water partition coefficient (Wildman–Crippen LogP) is 2.94. The zero-order valence-corrected chi connectivity index (χ0v) is 17.3. The van der Waals surface area contributed by atoms with Gasteiger partial charge in [0.25, 0.3) is 0 Å². The third-order valence-electron chi connectivity index (χ3n) is 4.73. The van der Waals surface area contributed by atoms with E-state index in [2.05, 4.69) is 5.32 Å². The highest BCUT2D eigenvalue weighted by molar-refractivity contribution is 5.98.